The molecule has 8 heteroatoms. The molecule has 0 saturated carbocycles. The summed E-state index contributed by atoms with van der Waals surface area (Å²) < 4.78 is 38.6. The number of anilines is 1. The van der Waals surface area contributed by atoms with E-state index in [0.29, 0.717) is 11.4 Å². The summed E-state index contributed by atoms with van der Waals surface area (Å²) in [6, 6.07) is 24.0. The van der Waals surface area contributed by atoms with Gasteiger partial charge in [0.25, 0.3) is 10.0 Å². The lowest BCUT2D eigenvalue weighted by molar-refractivity contribution is 0.0438. The molecule has 0 amide bonds. The number of ether oxygens (including phenoxy) is 1. The van der Waals surface area contributed by atoms with Crippen LogP contribution >= 0.6 is 0 Å². The zero-order valence-electron chi connectivity index (χ0n) is 17.9. The van der Waals surface area contributed by atoms with Gasteiger partial charge in [-0.05, 0) is 37.3 Å². The molecule has 0 unspecified atom stereocenters. The number of esters is 1. The predicted molar refractivity (Wildman–Crippen MR) is 124 cm³/mol. The number of nitrogens with zero attached hydrogens (tertiary/aromatic N) is 2. The maximum absolute atomic E-state index is 13.2. The molecule has 7 nitrogen and oxygen atoms in total. The van der Waals surface area contributed by atoms with Crippen LogP contribution < -0.4 is 4.31 Å². The molecule has 0 spiro atoms. The highest BCUT2D eigenvalue weighted by molar-refractivity contribution is 7.92. The number of oxazole rings is 1. The van der Waals surface area contributed by atoms with E-state index < -0.39 is 16.0 Å². The number of carbonyl (C=O) groups excluding carboxylic acids is 1. The van der Waals surface area contributed by atoms with E-state index >= 15 is 0 Å². The van der Waals surface area contributed by atoms with Crippen LogP contribution in [0.25, 0.3) is 11.3 Å². The largest absolute Gasteiger partial charge is 0.452 e. The van der Waals surface area contributed by atoms with Gasteiger partial charge in [0, 0.05) is 12.1 Å². The van der Waals surface area contributed by atoms with Crippen LogP contribution in [-0.4, -0.2) is 25.9 Å². The number of hydrogen-bond acceptors (Lipinski definition) is 6. The molecule has 0 saturated heterocycles. The number of sulfonamides is 1. The predicted octanol–water partition coefficient (Wildman–Crippen LogP) is 4.91. The first-order valence-corrected chi connectivity index (χ1v) is 11.8. The Bertz CT molecular complexity index is 1340. The molecular formula is C25H22N2O5S. The van der Waals surface area contributed by atoms with Gasteiger partial charge in [0.1, 0.15) is 0 Å². The van der Waals surface area contributed by atoms with Gasteiger partial charge in [-0.3, -0.25) is 4.31 Å². The van der Waals surface area contributed by atoms with E-state index in [1.807, 2.05) is 36.4 Å². The second kappa shape index (κ2) is 9.70. The molecule has 1 aromatic heterocycles. The number of aromatic nitrogens is 1. The first-order chi connectivity index (χ1) is 16.0. The highest BCUT2D eigenvalue weighted by atomic mass is 32.2. The summed E-state index contributed by atoms with van der Waals surface area (Å²) in [7, 11) is -3.86. The smallest absolute Gasteiger partial charge is 0.338 e. The summed E-state index contributed by atoms with van der Waals surface area (Å²) in [6.07, 6.45) is 1.56. The molecule has 0 atom stereocenters. The van der Waals surface area contributed by atoms with Crippen LogP contribution in [0.15, 0.2) is 100 Å². The highest BCUT2D eigenvalue weighted by Crippen LogP contribution is 2.24. The van der Waals surface area contributed by atoms with E-state index in [1.165, 1.54) is 28.6 Å². The van der Waals surface area contributed by atoms with E-state index in [9.17, 15) is 13.2 Å². The van der Waals surface area contributed by atoms with Gasteiger partial charge in [0.05, 0.1) is 22.3 Å². The van der Waals surface area contributed by atoms with Crippen molar-refractivity contribution in [3.8, 4) is 11.3 Å². The fourth-order valence-corrected chi connectivity index (χ4v) is 4.84. The van der Waals surface area contributed by atoms with E-state index in [4.69, 9.17) is 9.15 Å². The van der Waals surface area contributed by atoms with Crippen LogP contribution in [0.1, 0.15) is 23.2 Å². The second-order valence-electron chi connectivity index (χ2n) is 7.09. The van der Waals surface area contributed by atoms with Crippen LogP contribution in [0.3, 0.4) is 0 Å². The molecule has 33 heavy (non-hydrogen) atoms. The number of para-hydroxylation sites is 1. The summed E-state index contributed by atoms with van der Waals surface area (Å²) in [4.78, 5) is 16.7. The molecule has 0 fully saturated rings. The molecule has 168 valence electrons. The fourth-order valence-electron chi connectivity index (χ4n) is 3.32. The Morgan fingerprint density at radius 2 is 1.67 bits per heavy atom. The van der Waals surface area contributed by atoms with Crippen molar-refractivity contribution in [2.45, 2.75) is 18.4 Å². The maximum atomic E-state index is 13.2. The van der Waals surface area contributed by atoms with Crippen LogP contribution in [0.4, 0.5) is 5.69 Å². The summed E-state index contributed by atoms with van der Waals surface area (Å²) in [6.45, 7) is 1.82. The Kier molecular flexibility index (Phi) is 6.55. The van der Waals surface area contributed by atoms with E-state index in [-0.39, 0.29) is 29.5 Å². The number of hydrogen-bond donors (Lipinski definition) is 0. The summed E-state index contributed by atoms with van der Waals surface area (Å²) >= 11 is 0. The molecule has 0 aliphatic rings. The summed E-state index contributed by atoms with van der Waals surface area (Å²) in [5.41, 5.74) is 1.53. The van der Waals surface area contributed by atoms with E-state index in [1.54, 1.807) is 37.4 Å². The van der Waals surface area contributed by atoms with Crippen molar-refractivity contribution >= 4 is 21.7 Å². The van der Waals surface area contributed by atoms with E-state index in [2.05, 4.69) is 4.98 Å². The first kappa shape index (κ1) is 22.3. The number of carbonyl (C=O) groups is 1. The van der Waals surface area contributed by atoms with Crippen LogP contribution in [0.2, 0.25) is 0 Å². The molecule has 1 heterocycles. The SMILES string of the molecule is CCN(c1ccccc1)S(=O)(=O)c1cccc(C(=O)OCc2ncc(-c3ccccc3)o2)c1. The molecule has 0 radical (unpaired) electrons. The second-order valence-corrected chi connectivity index (χ2v) is 8.96. The molecule has 0 N–H and O–H groups in total. The summed E-state index contributed by atoms with van der Waals surface area (Å²) in [5, 5.41) is 0. The van der Waals surface area contributed by atoms with Gasteiger partial charge in [0.2, 0.25) is 5.89 Å². The number of benzene rings is 3. The van der Waals surface area contributed by atoms with Crippen LogP contribution in [0.5, 0.6) is 0 Å². The van der Waals surface area contributed by atoms with Gasteiger partial charge < -0.3 is 9.15 Å². The minimum absolute atomic E-state index is 0.00476. The quantitative estimate of drug-likeness (QED) is 0.346. The average Bonchev–Trinajstić information content (AvgIpc) is 3.33. The lowest BCUT2D eigenvalue weighted by atomic mass is 10.2. The Morgan fingerprint density at radius 1 is 0.970 bits per heavy atom. The molecule has 4 aromatic rings. The minimum atomic E-state index is -3.86. The normalized spacial score (nSPS) is 11.2. The third-order valence-electron chi connectivity index (χ3n) is 4.93. The van der Waals surface area contributed by atoms with Gasteiger partial charge in [-0.15, -0.1) is 0 Å². The van der Waals surface area contributed by atoms with Gasteiger partial charge in [0.15, 0.2) is 12.4 Å². The lowest BCUT2D eigenvalue weighted by Gasteiger charge is -2.23. The van der Waals surface area contributed by atoms with Crippen molar-refractivity contribution in [3.63, 3.8) is 0 Å². The van der Waals surface area contributed by atoms with E-state index in [0.717, 1.165) is 5.56 Å². The average molecular weight is 463 g/mol. The van der Waals surface area contributed by atoms with Crippen LogP contribution in [0, 0.1) is 0 Å². The molecule has 0 aliphatic heterocycles. The molecule has 3 aromatic carbocycles. The van der Waals surface area contributed by atoms with Crippen molar-refractivity contribution in [1.82, 2.24) is 4.98 Å². The molecular weight excluding hydrogens is 440 g/mol. The monoisotopic (exact) mass is 462 g/mol. The third kappa shape index (κ3) is 4.96. The fraction of sp³-hybridized carbons (Fsp3) is 0.120. The van der Waals surface area contributed by atoms with Crippen molar-refractivity contribution in [2.24, 2.45) is 0 Å². The summed E-state index contributed by atoms with van der Waals surface area (Å²) in [5.74, 6) is 0.136. The molecule has 0 bridgehead atoms. The van der Waals surface area contributed by atoms with Crippen molar-refractivity contribution in [3.05, 3.63) is 103 Å². The highest BCUT2D eigenvalue weighted by Gasteiger charge is 2.24. The third-order valence-corrected chi connectivity index (χ3v) is 6.83. The molecule has 4 rings (SSSR count). The Balaban J connectivity index is 1.48. The van der Waals surface area contributed by atoms with Gasteiger partial charge in [-0.1, -0.05) is 54.6 Å². The minimum Gasteiger partial charge on any atom is -0.452 e. The lowest BCUT2D eigenvalue weighted by Crippen LogP contribution is -2.30. The van der Waals surface area contributed by atoms with Crippen molar-refractivity contribution < 1.29 is 22.4 Å². The standard InChI is InChI=1S/C25H22N2O5S/c1-2-27(21-13-7-4-8-14-21)33(29,30)22-15-9-12-20(16-22)25(28)31-18-24-26-17-23(32-24)19-10-5-3-6-11-19/h3-17H,2,18H2,1H3. The Labute approximate surface area is 192 Å². The van der Waals surface area contributed by atoms with Gasteiger partial charge in [-0.2, -0.15) is 0 Å². The van der Waals surface area contributed by atoms with Crippen LogP contribution in [-0.2, 0) is 21.4 Å². The number of rotatable bonds is 8. The van der Waals surface area contributed by atoms with Crippen molar-refractivity contribution in [2.75, 3.05) is 10.8 Å². The van der Waals surface area contributed by atoms with Crippen molar-refractivity contribution in [1.29, 1.82) is 0 Å². The topological polar surface area (TPSA) is 89.7 Å². The Hall–Kier alpha value is -3.91. The van der Waals surface area contributed by atoms with Gasteiger partial charge >= 0.3 is 5.97 Å². The zero-order chi connectivity index (χ0) is 23.3. The zero-order valence-corrected chi connectivity index (χ0v) is 18.7. The maximum Gasteiger partial charge on any atom is 0.338 e. The molecule has 0 aliphatic carbocycles. The van der Waals surface area contributed by atoms with Gasteiger partial charge in [-0.25, -0.2) is 18.2 Å². The first-order valence-electron chi connectivity index (χ1n) is 10.3. The Morgan fingerprint density at radius 3 is 2.36 bits per heavy atom.